The van der Waals surface area contributed by atoms with E-state index in [0.717, 1.165) is 28.6 Å². The van der Waals surface area contributed by atoms with Gasteiger partial charge >= 0.3 is 5.97 Å². The second-order valence-corrected chi connectivity index (χ2v) is 5.26. The van der Waals surface area contributed by atoms with Crippen LogP contribution in [0, 0.1) is 0 Å². The Morgan fingerprint density at radius 3 is 2.57 bits per heavy atom. The highest BCUT2D eigenvalue weighted by Crippen LogP contribution is 2.21. The Morgan fingerprint density at radius 2 is 1.87 bits per heavy atom. The summed E-state index contributed by atoms with van der Waals surface area (Å²) in [6.07, 6.45) is 0.866. The Labute approximate surface area is 134 Å². The van der Waals surface area contributed by atoms with Gasteiger partial charge < -0.3 is 9.84 Å². The minimum Gasteiger partial charge on any atom is -0.489 e. The quantitative estimate of drug-likeness (QED) is 0.771. The van der Waals surface area contributed by atoms with Crippen molar-refractivity contribution in [2.24, 2.45) is 0 Å². The highest BCUT2D eigenvalue weighted by molar-refractivity contribution is 5.87. The summed E-state index contributed by atoms with van der Waals surface area (Å²) in [5.74, 6) is -0.293. The number of hydrogen-bond donors (Lipinski definition) is 1. The van der Waals surface area contributed by atoms with E-state index in [0.29, 0.717) is 12.4 Å². The number of pyridine rings is 1. The van der Waals surface area contributed by atoms with E-state index < -0.39 is 5.97 Å². The summed E-state index contributed by atoms with van der Waals surface area (Å²) < 4.78 is 5.81. The molecule has 0 fully saturated rings. The van der Waals surface area contributed by atoms with Crippen molar-refractivity contribution < 1.29 is 14.6 Å². The molecule has 1 N–H and O–H groups in total. The van der Waals surface area contributed by atoms with Crippen LogP contribution in [0.3, 0.4) is 0 Å². The number of rotatable bonds is 5. The predicted molar refractivity (Wildman–Crippen MR) is 88.9 cm³/mol. The number of carboxylic acid groups (broad SMARTS) is 1. The van der Waals surface area contributed by atoms with E-state index in [4.69, 9.17) is 9.84 Å². The molecular weight excluding hydrogens is 290 g/mol. The van der Waals surface area contributed by atoms with E-state index in [2.05, 4.69) is 18.0 Å². The molecule has 0 atom stereocenters. The number of benzene rings is 2. The van der Waals surface area contributed by atoms with Gasteiger partial charge in [-0.1, -0.05) is 25.1 Å². The predicted octanol–water partition coefficient (Wildman–Crippen LogP) is 4.07. The van der Waals surface area contributed by atoms with Crippen LogP contribution in [0.1, 0.15) is 28.5 Å². The Balaban J connectivity index is 1.85. The monoisotopic (exact) mass is 307 g/mol. The topological polar surface area (TPSA) is 59.4 Å². The Hall–Kier alpha value is -2.88. The average Bonchev–Trinajstić information content (AvgIpc) is 2.59. The fourth-order valence-electron chi connectivity index (χ4n) is 2.46. The van der Waals surface area contributed by atoms with Crippen molar-refractivity contribution >= 4 is 16.9 Å². The molecule has 0 radical (unpaired) electrons. The zero-order valence-electron chi connectivity index (χ0n) is 12.8. The molecule has 3 rings (SSSR count). The average molecular weight is 307 g/mol. The third-order valence-corrected chi connectivity index (χ3v) is 3.71. The van der Waals surface area contributed by atoms with Crippen molar-refractivity contribution in [1.29, 1.82) is 0 Å². The molecule has 116 valence electrons. The van der Waals surface area contributed by atoms with Crippen molar-refractivity contribution in [3.8, 4) is 5.75 Å². The lowest BCUT2D eigenvalue weighted by Crippen LogP contribution is -2.01. The summed E-state index contributed by atoms with van der Waals surface area (Å²) in [5, 5.41) is 9.99. The van der Waals surface area contributed by atoms with Crippen LogP contribution in [0.5, 0.6) is 5.75 Å². The largest absolute Gasteiger partial charge is 0.489 e. The van der Waals surface area contributed by atoms with E-state index in [1.165, 1.54) is 0 Å². The van der Waals surface area contributed by atoms with E-state index in [1.807, 2.05) is 24.3 Å². The summed E-state index contributed by atoms with van der Waals surface area (Å²) in [6.45, 7) is 2.49. The van der Waals surface area contributed by atoms with Gasteiger partial charge in [0, 0.05) is 16.6 Å². The summed E-state index contributed by atoms with van der Waals surface area (Å²) in [5.41, 5.74) is 3.32. The van der Waals surface area contributed by atoms with Gasteiger partial charge in [0.2, 0.25) is 0 Å². The molecule has 4 nitrogen and oxygen atoms in total. The molecule has 2 aromatic carbocycles. The number of para-hydroxylation sites is 1. The fourth-order valence-corrected chi connectivity index (χ4v) is 2.46. The Morgan fingerprint density at radius 1 is 1.13 bits per heavy atom. The maximum absolute atomic E-state index is 10.9. The molecule has 23 heavy (non-hydrogen) atoms. The maximum Gasteiger partial charge on any atom is 0.335 e. The molecule has 4 heteroatoms. The first-order valence-corrected chi connectivity index (χ1v) is 7.51. The van der Waals surface area contributed by atoms with Crippen LogP contribution in [0.2, 0.25) is 0 Å². The smallest absolute Gasteiger partial charge is 0.335 e. The lowest BCUT2D eigenvalue weighted by atomic mass is 10.1. The van der Waals surface area contributed by atoms with Crippen LogP contribution in [-0.2, 0) is 13.0 Å². The van der Waals surface area contributed by atoms with Gasteiger partial charge in [-0.2, -0.15) is 0 Å². The highest BCUT2D eigenvalue weighted by Gasteiger charge is 2.07. The number of aromatic carboxylic acids is 1. The molecule has 0 aliphatic rings. The first-order chi connectivity index (χ1) is 11.2. The van der Waals surface area contributed by atoms with Crippen LogP contribution >= 0.6 is 0 Å². The van der Waals surface area contributed by atoms with E-state index in [9.17, 15) is 4.79 Å². The minimum absolute atomic E-state index is 0.250. The van der Waals surface area contributed by atoms with Crippen LogP contribution in [0.15, 0.2) is 54.6 Å². The van der Waals surface area contributed by atoms with E-state index in [-0.39, 0.29) is 5.56 Å². The Bertz CT molecular complexity index is 841. The molecule has 0 saturated heterocycles. The third kappa shape index (κ3) is 3.31. The maximum atomic E-state index is 10.9. The number of carboxylic acids is 1. The number of carbonyl (C=O) groups is 1. The molecule has 0 bridgehead atoms. The van der Waals surface area contributed by atoms with Gasteiger partial charge in [-0.15, -0.1) is 0 Å². The van der Waals surface area contributed by atoms with Crippen LogP contribution < -0.4 is 4.74 Å². The fraction of sp³-hybridized carbons (Fsp3) is 0.158. The number of aromatic nitrogens is 1. The standard InChI is InChI=1S/C19H17NO3/c1-2-15-11-14(17-5-3-4-6-18(17)20-15)12-23-16-9-7-13(8-10-16)19(21)22/h3-11H,2,12H2,1H3,(H,21,22). The molecule has 0 amide bonds. The number of hydrogen-bond acceptors (Lipinski definition) is 3. The van der Waals surface area contributed by atoms with Gasteiger partial charge in [0.05, 0.1) is 11.1 Å². The molecule has 0 spiro atoms. The second kappa shape index (κ2) is 6.48. The van der Waals surface area contributed by atoms with Crippen molar-refractivity contribution in [3.63, 3.8) is 0 Å². The first kappa shape index (κ1) is 15.0. The molecule has 3 aromatic rings. The minimum atomic E-state index is -0.940. The number of aryl methyl sites for hydroxylation is 1. The zero-order valence-corrected chi connectivity index (χ0v) is 12.8. The molecule has 0 saturated carbocycles. The molecule has 0 aliphatic carbocycles. The van der Waals surface area contributed by atoms with E-state index in [1.54, 1.807) is 24.3 Å². The summed E-state index contributed by atoms with van der Waals surface area (Å²) in [6, 6.07) is 16.5. The summed E-state index contributed by atoms with van der Waals surface area (Å²) >= 11 is 0. The van der Waals surface area contributed by atoms with Crippen molar-refractivity contribution in [2.45, 2.75) is 20.0 Å². The third-order valence-electron chi connectivity index (χ3n) is 3.71. The number of nitrogens with zero attached hydrogens (tertiary/aromatic N) is 1. The van der Waals surface area contributed by atoms with E-state index >= 15 is 0 Å². The molecule has 1 heterocycles. The SMILES string of the molecule is CCc1cc(COc2ccc(C(=O)O)cc2)c2ccccc2n1. The van der Waals surface area contributed by atoms with Gasteiger partial charge in [-0.05, 0) is 42.8 Å². The Kier molecular flexibility index (Phi) is 4.24. The number of ether oxygens (including phenoxy) is 1. The number of fused-ring (bicyclic) bond motifs is 1. The van der Waals surface area contributed by atoms with Gasteiger partial charge in [0.15, 0.2) is 0 Å². The van der Waals surface area contributed by atoms with Crippen molar-refractivity contribution in [3.05, 3.63) is 71.4 Å². The first-order valence-electron chi connectivity index (χ1n) is 7.51. The van der Waals surface area contributed by atoms with Crippen LogP contribution in [-0.4, -0.2) is 16.1 Å². The molecule has 0 unspecified atom stereocenters. The lowest BCUT2D eigenvalue weighted by molar-refractivity contribution is 0.0697. The second-order valence-electron chi connectivity index (χ2n) is 5.26. The normalized spacial score (nSPS) is 10.7. The summed E-state index contributed by atoms with van der Waals surface area (Å²) in [7, 11) is 0. The van der Waals surface area contributed by atoms with Gasteiger partial charge in [0.1, 0.15) is 12.4 Å². The van der Waals surface area contributed by atoms with Crippen molar-refractivity contribution in [1.82, 2.24) is 4.98 Å². The molecule has 0 aliphatic heterocycles. The van der Waals surface area contributed by atoms with Crippen LogP contribution in [0.4, 0.5) is 0 Å². The molecular formula is C19H17NO3. The van der Waals surface area contributed by atoms with Gasteiger partial charge in [-0.25, -0.2) is 4.79 Å². The van der Waals surface area contributed by atoms with Crippen LogP contribution in [0.25, 0.3) is 10.9 Å². The molecule has 1 aromatic heterocycles. The highest BCUT2D eigenvalue weighted by atomic mass is 16.5. The van der Waals surface area contributed by atoms with Crippen molar-refractivity contribution in [2.75, 3.05) is 0 Å². The van der Waals surface area contributed by atoms with Gasteiger partial charge in [0.25, 0.3) is 0 Å². The zero-order chi connectivity index (χ0) is 16.2. The summed E-state index contributed by atoms with van der Waals surface area (Å²) in [4.78, 5) is 15.5. The van der Waals surface area contributed by atoms with Gasteiger partial charge in [-0.3, -0.25) is 4.98 Å². The lowest BCUT2D eigenvalue weighted by Gasteiger charge is -2.11.